The zero-order valence-corrected chi connectivity index (χ0v) is 15.0. The van der Waals surface area contributed by atoms with Crippen molar-refractivity contribution in [1.29, 1.82) is 0 Å². The largest absolute Gasteiger partial charge is 0.494 e. The number of hydrogen-bond acceptors (Lipinski definition) is 3. The van der Waals surface area contributed by atoms with Crippen LogP contribution in [-0.4, -0.2) is 14.2 Å². The summed E-state index contributed by atoms with van der Waals surface area (Å²) in [5.41, 5.74) is 0.841. The maximum absolute atomic E-state index is 13.2. The summed E-state index contributed by atoms with van der Waals surface area (Å²) < 4.78 is 2.28. The minimum Gasteiger partial charge on any atom is -0.494 e. The standard InChI is InChI=1S/C23H18N2O3/c26-21-20(16-17-10-4-1-5-11-17)22(27)25(19-14-8-3-9-15-19)23(28)24(21)18-12-6-2-7-13-18/h1-15,26H,16H2. The Labute approximate surface area is 161 Å². The lowest BCUT2D eigenvalue weighted by molar-refractivity contribution is 0.421. The number of nitrogens with zero attached hydrogens (tertiary/aromatic N) is 2. The van der Waals surface area contributed by atoms with E-state index in [-0.39, 0.29) is 17.9 Å². The van der Waals surface area contributed by atoms with Gasteiger partial charge in [-0.1, -0.05) is 66.7 Å². The molecule has 138 valence electrons. The fourth-order valence-electron chi connectivity index (χ4n) is 3.21. The average molecular weight is 370 g/mol. The summed E-state index contributed by atoms with van der Waals surface area (Å²) >= 11 is 0. The Morgan fingerprint density at radius 1 is 0.643 bits per heavy atom. The molecule has 0 bridgehead atoms. The Bertz CT molecular complexity index is 1210. The third-order valence-electron chi connectivity index (χ3n) is 4.58. The average Bonchev–Trinajstić information content (AvgIpc) is 2.74. The number of aromatic hydroxyl groups is 1. The lowest BCUT2D eigenvalue weighted by atomic mass is 10.1. The van der Waals surface area contributed by atoms with E-state index in [1.807, 2.05) is 42.5 Å². The highest BCUT2D eigenvalue weighted by atomic mass is 16.3. The van der Waals surface area contributed by atoms with Crippen molar-refractivity contribution in [3.63, 3.8) is 0 Å². The normalized spacial score (nSPS) is 10.7. The Morgan fingerprint density at radius 3 is 1.64 bits per heavy atom. The molecule has 0 radical (unpaired) electrons. The van der Waals surface area contributed by atoms with E-state index in [0.717, 1.165) is 10.1 Å². The Balaban J connectivity index is 2.03. The second-order valence-electron chi connectivity index (χ2n) is 6.39. The zero-order valence-electron chi connectivity index (χ0n) is 15.0. The molecule has 0 atom stereocenters. The third-order valence-corrected chi connectivity index (χ3v) is 4.58. The van der Waals surface area contributed by atoms with Crippen LogP contribution in [0.5, 0.6) is 5.88 Å². The lowest BCUT2D eigenvalue weighted by Gasteiger charge is -2.16. The van der Waals surface area contributed by atoms with E-state index in [0.29, 0.717) is 11.4 Å². The van der Waals surface area contributed by atoms with Crippen LogP contribution < -0.4 is 11.2 Å². The van der Waals surface area contributed by atoms with E-state index in [4.69, 9.17) is 0 Å². The highest BCUT2D eigenvalue weighted by molar-refractivity contribution is 5.42. The van der Waals surface area contributed by atoms with Crippen molar-refractivity contribution < 1.29 is 5.11 Å². The van der Waals surface area contributed by atoms with Gasteiger partial charge in [0.1, 0.15) is 0 Å². The minimum atomic E-state index is -0.614. The molecule has 5 heteroatoms. The summed E-state index contributed by atoms with van der Waals surface area (Å²) in [7, 11) is 0. The monoisotopic (exact) mass is 370 g/mol. The Hall–Kier alpha value is -3.86. The van der Waals surface area contributed by atoms with Gasteiger partial charge >= 0.3 is 5.69 Å². The van der Waals surface area contributed by atoms with Gasteiger partial charge in [0.2, 0.25) is 5.88 Å². The second-order valence-corrected chi connectivity index (χ2v) is 6.39. The Morgan fingerprint density at radius 2 is 1.11 bits per heavy atom. The molecule has 4 rings (SSSR count). The fourth-order valence-corrected chi connectivity index (χ4v) is 3.21. The molecule has 5 nitrogen and oxygen atoms in total. The quantitative estimate of drug-likeness (QED) is 0.600. The second kappa shape index (κ2) is 7.40. The first-order chi connectivity index (χ1) is 13.7. The molecule has 0 aliphatic rings. The van der Waals surface area contributed by atoms with Crippen LogP contribution in [0, 0.1) is 0 Å². The van der Waals surface area contributed by atoms with Gasteiger partial charge in [-0.15, -0.1) is 0 Å². The van der Waals surface area contributed by atoms with Gasteiger partial charge < -0.3 is 5.11 Å². The van der Waals surface area contributed by atoms with Gasteiger partial charge in [-0.25, -0.2) is 13.9 Å². The highest BCUT2D eigenvalue weighted by Crippen LogP contribution is 2.20. The van der Waals surface area contributed by atoms with Gasteiger partial charge in [-0.05, 0) is 29.8 Å². The molecule has 0 amide bonds. The summed E-state index contributed by atoms with van der Waals surface area (Å²) in [5.74, 6) is -0.336. The van der Waals surface area contributed by atoms with Gasteiger partial charge in [-0.3, -0.25) is 4.79 Å². The zero-order chi connectivity index (χ0) is 19.5. The van der Waals surface area contributed by atoms with Crippen molar-refractivity contribution in [3.05, 3.63) is 123 Å². The van der Waals surface area contributed by atoms with E-state index in [1.54, 1.807) is 48.5 Å². The molecule has 0 aliphatic carbocycles. The highest BCUT2D eigenvalue weighted by Gasteiger charge is 2.20. The molecule has 0 fully saturated rings. The van der Waals surface area contributed by atoms with Gasteiger partial charge in [0.05, 0.1) is 16.9 Å². The molecular formula is C23H18N2O3. The number of aromatic nitrogens is 2. The SMILES string of the molecule is O=c1c(Cc2ccccc2)c(O)n(-c2ccccc2)c(=O)n1-c1ccccc1. The van der Waals surface area contributed by atoms with Crippen molar-refractivity contribution in [1.82, 2.24) is 9.13 Å². The predicted octanol–water partition coefficient (Wildman–Crippen LogP) is 3.28. The molecule has 1 heterocycles. The topological polar surface area (TPSA) is 64.2 Å². The van der Waals surface area contributed by atoms with E-state index in [9.17, 15) is 14.7 Å². The van der Waals surface area contributed by atoms with Gasteiger partial charge in [-0.2, -0.15) is 0 Å². The molecule has 0 spiro atoms. The third kappa shape index (κ3) is 3.14. The van der Waals surface area contributed by atoms with E-state index in [2.05, 4.69) is 0 Å². The van der Waals surface area contributed by atoms with Gasteiger partial charge in [0.15, 0.2) is 0 Å². The van der Waals surface area contributed by atoms with Crippen molar-refractivity contribution in [2.24, 2.45) is 0 Å². The molecular weight excluding hydrogens is 352 g/mol. The summed E-state index contributed by atoms with van der Waals surface area (Å²) in [5, 5.41) is 10.9. The van der Waals surface area contributed by atoms with Crippen molar-refractivity contribution in [3.8, 4) is 17.3 Å². The first-order valence-corrected chi connectivity index (χ1v) is 8.91. The molecule has 3 aromatic carbocycles. The van der Waals surface area contributed by atoms with Crippen molar-refractivity contribution >= 4 is 0 Å². The first-order valence-electron chi connectivity index (χ1n) is 8.91. The molecule has 1 aromatic heterocycles. The summed E-state index contributed by atoms with van der Waals surface area (Å²) in [4.78, 5) is 26.4. The van der Waals surface area contributed by atoms with Crippen LogP contribution in [0.3, 0.4) is 0 Å². The summed E-state index contributed by atoms with van der Waals surface area (Å²) in [6.45, 7) is 0. The molecule has 1 N–H and O–H groups in total. The molecule has 0 aliphatic heterocycles. The van der Waals surface area contributed by atoms with E-state index in [1.165, 1.54) is 4.57 Å². The van der Waals surface area contributed by atoms with Crippen molar-refractivity contribution in [2.45, 2.75) is 6.42 Å². The van der Waals surface area contributed by atoms with Crippen molar-refractivity contribution in [2.75, 3.05) is 0 Å². The maximum Gasteiger partial charge on any atom is 0.343 e. The summed E-state index contributed by atoms with van der Waals surface area (Å²) in [6.07, 6.45) is 0.214. The summed E-state index contributed by atoms with van der Waals surface area (Å²) in [6, 6.07) is 26.9. The van der Waals surface area contributed by atoms with Crippen LogP contribution in [0.25, 0.3) is 11.4 Å². The molecule has 0 saturated carbocycles. The number of benzene rings is 3. The minimum absolute atomic E-state index is 0.165. The smallest absolute Gasteiger partial charge is 0.343 e. The van der Waals surface area contributed by atoms with Crippen LogP contribution in [0.1, 0.15) is 11.1 Å². The van der Waals surface area contributed by atoms with Crippen LogP contribution in [0.2, 0.25) is 0 Å². The predicted molar refractivity (Wildman–Crippen MR) is 109 cm³/mol. The molecule has 0 saturated heterocycles. The fraction of sp³-hybridized carbons (Fsp3) is 0.0435. The number of hydrogen-bond donors (Lipinski definition) is 1. The lowest BCUT2D eigenvalue weighted by Crippen LogP contribution is -2.40. The number of para-hydroxylation sites is 2. The van der Waals surface area contributed by atoms with Gasteiger partial charge in [0.25, 0.3) is 5.56 Å². The van der Waals surface area contributed by atoms with E-state index >= 15 is 0 Å². The molecule has 28 heavy (non-hydrogen) atoms. The Kier molecular flexibility index (Phi) is 4.64. The van der Waals surface area contributed by atoms with Crippen LogP contribution in [-0.2, 0) is 6.42 Å². The van der Waals surface area contributed by atoms with Crippen LogP contribution >= 0.6 is 0 Å². The van der Waals surface area contributed by atoms with E-state index < -0.39 is 11.2 Å². The first kappa shape index (κ1) is 17.5. The van der Waals surface area contributed by atoms with Crippen LogP contribution in [0.15, 0.2) is 101 Å². The molecule has 4 aromatic rings. The molecule has 0 unspecified atom stereocenters. The van der Waals surface area contributed by atoms with Gasteiger partial charge in [0, 0.05) is 6.42 Å². The maximum atomic E-state index is 13.2. The van der Waals surface area contributed by atoms with Crippen LogP contribution in [0.4, 0.5) is 0 Å². The number of rotatable bonds is 4.